The number of nitrogens with one attached hydrogen (secondary N) is 1. The Morgan fingerprint density at radius 2 is 1.35 bits per heavy atom. The Balaban J connectivity index is 1.72. The fraction of sp³-hybridized carbons (Fsp3) is 0.143. The van der Waals surface area contributed by atoms with E-state index >= 15 is 0 Å². The Morgan fingerprint density at radius 3 is 1.91 bits per heavy atom. The molecule has 3 aromatic rings. The standard InChI is InChI=1S/C21H22N2/c22-20-13-7-8-17(16-20)14-15-23-21(18-9-3-1-4-10-18)19-11-5-2-6-12-19/h1-13,16,21,23H,14-15,22H2. The highest BCUT2D eigenvalue weighted by Crippen LogP contribution is 2.21. The van der Waals surface area contributed by atoms with Crippen LogP contribution in [0.5, 0.6) is 0 Å². The lowest BCUT2D eigenvalue weighted by Gasteiger charge is -2.20. The van der Waals surface area contributed by atoms with Crippen molar-refractivity contribution in [2.24, 2.45) is 0 Å². The van der Waals surface area contributed by atoms with Gasteiger partial charge in [0.15, 0.2) is 0 Å². The molecule has 3 aromatic carbocycles. The van der Waals surface area contributed by atoms with Gasteiger partial charge in [-0.2, -0.15) is 0 Å². The Hall–Kier alpha value is -2.58. The molecule has 2 nitrogen and oxygen atoms in total. The summed E-state index contributed by atoms with van der Waals surface area (Å²) in [7, 11) is 0. The number of rotatable bonds is 6. The number of nitrogen functional groups attached to an aromatic ring is 1. The zero-order chi connectivity index (χ0) is 15.9. The second kappa shape index (κ2) is 7.61. The van der Waals surface area contributed by atoms with Gasteiger partial charge in [0.1, 0.15) is 0 Å². The van der Waals surface area contributed by atoms with Crippen molar-refractivity contribution in [3.63, 3.8) is 0 Å². The summed E-state index contributed by atoms with van der Waals surface area (Å²) in [6.45, 7) is 0.901. The quantitative estimate of drug-likeness (QED) is 0.670. The summed E-state index contributed by atoms with van der Waals surface area (Å²) < 4.78 is 0. The fourth-order valence-corrected chi connectivity index (χ4v) is 2.83. The van der Waals surface area contributed by atoms with Crippen molar-refractivity contribution in [1.82, 2.24) is 5.32 Å². The molecule has 0 fully saturated rings. The van der Waals surface area contributed by atoms with Crippen LogP contribution in [-0.4, -0.2) is 6.54 Å². The smallest absolute Gasteiger partial charge is 0.0576 e. The van der Waals surface area contributed by atoms with E-state index in [-0.39, 0.29) is 6.04 Å². The van der Waals surface area contributed by atoms with Gasteiger partial charge in [-0.05, 0) is 35.2 Å². The maximum Gasteiger partial charge on any atom is 0.0576 e. The van der Waals surface area contributed by atoms with Crippen molar-refractivity contribution in [2.75, 3.05) is 12.3 Å². The molecule has 2 heteroatoms. The van der Waals surface area contributed by atoms with E-state index in [0.29, 0.717) is 0 Å². The summed E-state index contributed by atoms with van der Waals surface area (Å²) >= 11 is 0. The predicted molar refractivity (Wildman–Crippen MR) is 97.3 cm³/mol. The first-order valence-electron chi connectivity index (χ1n) is 8.00. The van der Waals surface area contributed by atoms with Crippen LogP contribution in [0.1, 0.15) is 22.7 Å². The minimum absolute atomic E-state index is 0.207. The van der Waals surface area contributed by atoms with E-state index in [1.807, 2.05) is 18.2 Å². The van der Waals surface area contributed by atoms with Crippen molar-refractivity contribution < 1.29 is 0 Å². The number of hydrogen-bond acceptors (Lipinski definition) is 2. The molecule has 0 saturated heterocycles. The molecule has 0 saturated carbocycles. The summed E-state index contributed by atoms with van der Waals surface area (Å²) in [4.78, 5) is 0. The van der Waals surface area contributed by atoms with Crippen molar-refractivity contribution >= 4 is 5.69 Å². The second-order valence-electron chi connectivity index (χ2n) is 5.70. The molecule has 0 bridgehead atoms. The minimum atomic E-state index is 0.207. The molecule has 0 radical (unpaired) electrons. The maximum atomic E-state index is 5.85. The van der Waals surface area contributed by atoms with Crippen molar-refractivity contribution in [3.05, 3.63) is 102 Å². The molecule has 0 atom stereocenters. The lowest BCUT2D eigenvalue weighted by molar-refractivity contribution is 0.606. The van der Waals surface area contributed by atoms with Crippen LogP contribution in [-0.2, 0) is 6.42 Å². The number of anilines is 1. The van der Waals surface area contributed by atoms with Gasteiger partial charge in [-0.1, -0.05) is 72.8 Å². The third-order valence-electron chi connectivity index (χ3n) is 3.98. The van der Waals surface area contributed by atoms with Gasteiger partial charge in [-0.15, -0.1) is 0 Å². The average molecular weight is 302 g/mol. The molecule has 0 spiro atoms. The zero-order valence-electron chi connectivity index (χ0n) is 13.2. The van der Waals surface area contributed by atoms with Gasteiger partial charge in [0.25, 0.3) is 0 Å². The first-order chi connectivity index (χ1) is 11.3. The largest absolute Gasteiger partial charge is 0.399 e. The Bertz CT molecular complexity index is 684. The highest BCUT2D eigenvalue weighted by Gasteiger charge is 2.12. The van der Waals surface area contributed by atoms with Crippen LogP contribution in [0.3, 0.4) is 0 Å². The molecule has 0 aliphatic heterocycles. The minimum Gasteiger partial charge on any atom is -0.399 e. The van der Waals surface area contributed by atoms with Gasteiger partial charge < -0.3 is 11.1 Å². The van der Waals surface area contributed by atoms with E-state index in [9.17, 15) is 0 Å². The molecule has 0 aliphatic rings. The monoisotopic (exact) mass is 302 g/mol. The Morgan fingerprint density at radius 1 is 0.739 bits per heavy atom. The molecule has 0 aliphatic carbocycles. The van der Waals surface area contributed by atoms with Gasteiger partial charge in [0.05, 0.1) is 6.04 Å². The molecule has 116 valence electrons. The lowest BCUT2D eigenvalue weighted by atomic mass is 9.98. The van der Waals surface area contributed by atoms with Gasteiger partial charge in [0.2, 0.25) is 0 Å². The van der Waals surface area contributed by atoms with Crippen molar-refractivity contribution in [2.45, 2.75) is 12.5 Å². The van der Waals surface area contributed by atoms with Crippen LogP contribution in [0.2, 0.25) is 0 Å². The van der Waals surface area contributed by atoms with E-state index in [1.54, 1.807) is 0 Å². The first-order valence-corrected chi connectivity index (χ1v) is 8.00. The fourth-order valence-electron chi connectivity index (χ4n) is 2.83. The number of hydrogen-bond donors (Lipinski definition) is 2. The van der Waals surface area contributed by atoms with Gasteiger partial charge >= 0.3 is 0 Å². The molecule has 23 heavy (non-hydrogen) atoms. The van der Waals surface area contributed by atoms with E-state index in [0.717, 1.165) is 18.7 Å². The molecule has 3 N–H and O–H groups in total. The van der Waals surface area contributed by atoms with Crippen LogP contribution < -0.4 is 11.1 Å². The highest BCUT2D eigenvalue weighted by atomic mass is 14.9. The molecular formula is C21H22N2. The summed E-state index contributed by atoms with van der Waals surface area (Å²) in [5, 5.41) is 3.68. The molecule has 3 rings (SSSR count). The van der Waals surface area contributed by atoms with E-state index < -0.39 is 0 Å². The van der Waals surface area contributed by atoms with Gasteiger partial charge in [-0.3, -0.25) is 0 Å². The molecular weight excluding hydrogens is 280 g/mol. The topological polar surface area (TPSA) is 38.0 Å². The Labute approximate surface area is 138 Å². The summed E-state index contributed by atoms with van der Waals surface area (Å²) in [6.07, 6.45) is 0.960. The van der Waals surface area contributed by atoms with E-state index in [4.69, 9.17) is 5.73 Å². The summed E-state index contributed by atoms with van der Waals surface area (Å²) in [5.41, 5.74) is 10.5. The summed E-state index contributed by atoms with van der Waals surface area (Å²) in [5.74, 6) is 0. The third-order valence-corrected chi connectivity index (χ3v) is 3.98. The lowest BCUT2D eigenvalue weighted by Crippen LogP contribution is -2.24. The van der Waals surface area contributed by atoms with Crippen LogP contribution in [0.4, 0.5) is 5.69 Å². The van der Waals surface area contributed by atoms with E-state index in [1.165, 1.54) is 16.7 Å². The SMILES string of the molecule is Nc1cccc(CCNC(c2ccccc2)c2ccccc2)c1. The molecule has 0 unspecified atom stereocenters. The maximum absolute atomic E-state index is 5.85. The van der Waals surface area contributed by atoms with Crippen LogP contribution in [0, 0.1) is 0 Å². The van der Waals surface area contributed by atoms with Crippen LogP contribution in [0.15, 0.2) is 84.9 Å². The molecule has 0 amide bonds. The van der Waals surface area contributed by atoms with E-state index in [2.05, 4.69) is 72.0 Å². The second-order valence-corrected chi connectivity index (χ2v) is 5.70. The molecule has 0 heterocycles. The third kappa shape index (κ3) is 4.21. The summed E-state index contributed by atoms with van der Waals surface area (Å²) in [6, 6.07) is 29.5. The highest BCUT2D eigenvalue weighted by molar-refractivity contribution is 5.40. The van der Waals surface area contributed by atoms with Gasteiger partial charge in [-0.25, -0.2) is 0 Å². The zero-order valence-corrected chi connectivity index (χ0v) is 13.2. The van der Waals surface area contributed by atoms with Crippen molar-refractivity contribution in [3.8, 4) is 0 Å². The first kappa shape index (κ1) is 15.3. The predicted octanol–water partition coefficient (Wildman–Crippen LogP) is 4.19. The van der Waals surface area contributed by atoms with Crippen LogP contribution in [0.25, 0.3) is 0 Å². The molecule has 0 aromatic heterocycles. The average Bonchev–Trinajstić information content (AvgIpc) is 2.60. The number of nitrogens with two attached hydrogens (primary N) is 1. The Kier molecular flexibility index (Phi) is 5.07. The normalized spacial score (nSPS) is 10.8. The van der Waals surface area contributed by atoms with Crippen LogP contribution >= 0.6 is 0 Å². The number of benzene rings is 3. The van der Waals surface area contributed by atoms with Gasteiger partial charge in [0, 0.05) is 12.2 Å². The van der Waals surface area contributed by atoms with Crippen molar-refractivity contribution in [1.29, 1.82) is 0 Å².